The van der Waals surface area contributed by atoms with Crippen LogP contribution >= 0.6 is 8.25 Å². The van der Waals surface area contributed by atoms with Gasteiger partial charge >= 0.3 is 8.25 Å². The van der Waals surface area contributed by atoms with Crippen molar-refractivity contribution in [1.82, 2.24) is 0 Å². The van der Waals surface area contributed by atoms with Gasteiger partial charge in [-0.05, 0) is 36.8 Å². The molecule has 0 atom stereocenters. The quantitative estimate of drug-likeness (QED) is 0.272. The van der Waals surface area contributed by atoms with Gasteiger partial charge in [0.25, 0.3) is 0 Å². The molecule has 0 saturated heterocycles. The first-order valence-corrected chi connectivity index (χ1v) is 11.7. The van der Waals surface area contributed by atoms with Crippen LogP contribution in [0.3, 0.4) is 0 Å². The van der Waals surface area contributed by atoms with Crippen LogP contribution in [0.15, 0.2) is 70.6 Å². The maximum absolute atomic E-state index is 12.9. The lowest BCUT2D eigenvalue weighted by molar-refractivity contribution is 0.0120. The van der Waals surface area contributed by atoms with Gasteiger partial charge in [-0.15, -0.1) is 0 Å². The van der Waals surface area contributed by atoms with E-state index >= 15 is 0 Å². The summed E-state index contributed by atoms with van der Waals surface area (Å²) in [7, 11) is -2.42. The lowest BCUT2D eigenvalue weighted by atomic mass is 10.1. The van der Waals surface area contributed by atoms with E-state index in [9.17, 15) is 4.57 Å². The molecule has 0 aliphatic rings. The molecule has 0 fully saturated rings. The molecule has 0 aliphatic heterocycles. The maximum atomic E-state index is 12.9. The van der Waals surface area contributed by atoms with Crippen LogP contribution in [-0.4, -0.2) is 23.9 Å². The highest BCUT2D eigenvalue weighted by Crippen LogP contribution is 2.42. The first kappa shape index (κ1) is 24.1. The Morgan fingerprint density at radius 2 is 1.03 bits per heavy atom. The lowest BCUT2D eigenvalue weighted by Crippen LogP contribution is -2.30. The Balaban J connectivity index is 2.15. The molecule has 30 heavy (non-hydrogen) atoms. The Morgan fingerprint density at radius 1 is 0.700 bits per heavy atom. The van der Waals surface area contributed by atoms with Gasteiger partial charge in [0.2, 0.25) is 11.4 Å². The Hall–Kier alpha value is -2.20. The standard InChI is InChI=1S/C24H32N2O3P/c1-5-23(6-2,25-19-21-15-11-9-12-16-21)28-30(27)29-24(7-3,8-4)26-20-22-17-13-10-14-18-22/h9-20H,5-8H2,1-4H3/q+1. The number of benzene rings is 2. The van der Waals surface area contributed by atoms with Crippen LogP contribution in [0.5, 0.6) is 0 Å². The molecule has 0 heterocycles. The summed E-state index contributed by atoms with van der Waals surface area (Å²) in [5.74, 6) is 0. The number of hydrogen-bond donors (Lipinski definition) is 0. The fourth-order valence-electron chi connectivity index (χ4n) is 2.93. The van der Waals surface area contributed by atoms with Crippen molar-refractivity contribution in [1.29, 1.82) is 0 Å². The second-order valence-corrected chi connectivity index (χ2v) is 7.86. The predicted molar refractivity (Wildman–Crippen MR) is 124 cm³/mol. The van der Waals surface area contributed by atoms with Crippen LogP contribution in [-0.2, 0) is 13.6 Å². The Morgan fingerprint density at radius 3 is 1.33 bits per heavy atom. The van der Waals surface area contributed by atoms with Gasteiger partial charge in [-0.1, -0.05) is 97.4 Å². The summed E-state index contributed by atoms with van der Waals surface area (Å²) in [4.78, 5) is 9.26. The van der Waals surface area contributed by atoms with Gasteiger partial charge in [-0.3, -0.25) is 9.98 Å². The normalized spacial score (nSPS) is 13.3. The second-order valence-electron chi connectivity index (χ2n) is 7.05. The highest BCUT2D eigenvalue weighted by atomic mass is 31.1. The van der Waals surface area contributed by atoms with Crippen LogP contribution in [0, 0.1) is 0 Å². The van der Waals surface area contributed by atoms with Gasteiger partial charge in [-0.25, -0.2) is 0 Å². The average Bonchev–Trinajstić information content (AvgIpc) is 2.81. The molecule has 0 bridgehead atoms. The van der Waals surface area contributed by atoms with Crippen molar-refractivity contribution in [2.45, 2.75) is 64.8 Å². The molecule has 0 spiro atoms. The van der Waals surface area contributed by atoms with Crippen LogP contribution in [0.25, 0.3) is 0 Å². The van der Waals surface area contributed by atoms with E-state index in [1.165, 1.54) is 0 Å². The van der Waals surface area contributed by atoms with Gasteiger partial charge < -0.3 is 0 Å². The zero-order valence-corrected chi connectivity index (χ0v) is 19.2. The predicted octanol–water partition coefficient (Wildman–Crippen LogP) is 6.95. The number of nitrogens with zero attached hydrogens (tertiary/aromatic N) is 2. The molecule has 2 aromatic rings. The Bertz CT molecular complexity index is 761. The van der Waals surface area contributed by atoms with Crippen molar-refractivity contribution >= 4 is 20.7 Å². The molecule has 160 valence electrons. The van der Waals surface area contributed by atoms with E-state index in [1.807, 2.05) is 88.4 Å². The fraction of sp³-hybridized carbons (Fsp3) is 0.417. The number of hydrogen-bond acceptors (Lipinski definition) is 5. The van der Waals surface area contributed by atoms with Crippen molar-refractivity contribution in [3.05, 3.63) is 71.8 Å². The van der Waals surface area contributed by atoms with E-state index in [1.54, 1.807) is 12.4 Å². The van der Waals surface area contributed by atoms with Gasteiger partial charge in [0.15, 0.2) is 0 Å². The monoisotopic (exact) mass is 427 g/mol. The largest absolute Gasteiger partial charge is 0.702 e. The second kappa shape index (κ2) is 11.8. The highest BCUT2D eigenvalue weighted by molar-refractivity contribution is 7.33. The van der Waals surface area contributed by atoms with Crippen LogP contribution in [0.4, 0.5) is 0 Å². The third-order valence-electron chi connectivity index (χ3n) is 5.20. The molecule has 0 saturated carbocycles. The number of rotatable bonds is 12. The van der Waals surface area contributed by atoms with Gasteiger partial charge in [0, 0.05) is 17.0 Å². The summed E-state index contributed by atoms with van der Waals surface area (Å²) in [6.45, 7) is 7.87. The smallest absolute Gasteiger partial charge is 0.253 e. The van der Waals surface area contributed by atoms with E-state index in [-0.39, 0.29) is 0 Å². The maximum Gasteiger partial charge on any atom is 0.702 e. The summed E-state index contributed by atoms with van der Waals surface area (Å²) in [5.41, 5.74) is 0.124. The van der Waals surface area contributed by atoms with E-state index < -0.39 is 19.7 Å². The molecule has 2 aromatic carbocycles. The molecule has 6 heteroatoms. The minimum atomic E-state index is -2.42. The molecule has 0 aliphatic carbocycles. The Labute approximate surface area is 181 Å². The fourth-order valence-corrected chi connectivity index (χ4v) is 4.13. The van der Waals surface area contributed by atoms with Crippen molar-refractivity contribution in [3.8, 4) is 0 Å². The molecule has 0 aromatic heterocycles. The summed E-state index contributed by atoms with van der Waals surface area (Å²) in [6.07, 6.45) is 5.84. The zero-order chi connectivity index (χ0) is 21.9. The van der Waals surface area contributed by atoms with E-state index in [2.05, 4.69) is 9.98 Å². The topological polar surface area (TPSA) is 60.2 Å². The van der Waals surface area contributed by atoms with Crippen LogP contribution in [0.1, 0.15) is 64.5 Å². The van der Waals surface area contributed by atoms with Crippen molar-refractivity contribution < 1.29 is 13.6 Å². The summed E-state index contributed by atoms with van der Waals surface area (Å²) >= 11 is 0. The van der Waals surface area contributed by atoms with Crippen molar-refractivity contribution in [2.24, 2.45) is 9.98 Å². The average molecular weight is 428 g/mol. The minimum absolute atomic E-state index is 0.579. The first-order chi connectivity index (χ1) is 14.5. The molecule has 0 N–H and O–H groups in total. The van der Waals surface area contributed by atoms with Crippen molar-refractivity contribution in [3.63, 3.8) is 0 Å². The third-order valence-corrected chi connectivity index (χ3v) is 6.17. The lowest BCUT2D eigenvalue weighted by Gasteiger charge is -2.23. The van der Waals surface area contributed by atoms with Gasteiger partial charge in [0.1, 0.15) is 0 Å². The summed E-state index contributed by atoms with van der Waals surface area (Å²) in [6, 6.07) is 19.6. The van der Waals surface area contributed by atoms with Gasteiger partial charge in [0.05, 0.1) is 0 Å². The van der Waals surface area contributed by atoms with Crippen LogP contribution < -0.4 is 0 Å². The Kier molecular flexibility index (Phi) is 9.51. The first-order valence-electron chi connectivity index (χ1n) is 10.6. The van der Waals surface area contributed by atoms with E-state index in [4.69, 9.17) is 9.05 Å². The molecule has 0 amide bonds. The summed E-state index contributed by atoms with van der Waals surface area (Å²) in [5, 5.41) is 0. The SMILES string of the molecule is CCC(CC)(N=Cc1ccccc1)O[P+](=O)OC(CC)(CC)N=Cc1ccccc1. The molecular formula is C24H32N2O3P+. The minimum Gasteiger partial charge on any atom is -0.253 e. The highest BCUT2D eigenvalue weighted by Gasteiger charge is 2.45. The summed E-state index contributed by atoms with van der Waals surface area (Å²) < 4.78 is 24.7. The van der Waals surface area contributed by atoms with Gasteiger partial charge in [-0.2, -0.15) is 0 Å². The number of aliphatic imine (C=N–C) groups is 2. The molecule has 0 unspecified atom stereocenters. The molecule has 0 radical (unpaired) electrons. The van der Waals surface area contributed by atoms with E-state index in [0.29, 0.717) is 25.7 Å². The van der Waals surface area contributed by atoms with E-state index in [0.717, 1.165) is 11.1 Å². The zero-order valence-electron chi connectivity index (χ0n) is 18.3. The molecular weight excluding hydrogens is 395 g/mol. The third kappa shape index (κ3) is 6.94. The van der Waals surface area contributed by atoms with Crippen molar-refractivity contribution in [2.75, 3.05) is 0 Å². The molecule has 5 nitrogen and oxygen atoms in total. The van der Waals surface area contributed by atoms with Crippen LogP contribution in [0.2, 0.25) is 0 Å². The molecule has 2 rings (SSSR count).